The predicted octanol–water partition coefficient (Wildman–Crippen LogP) is 19.6. The monoisotopic (exact) mass is 1170 g/mol. The molecule has 0 radical (unpaired) electrons. The Morgan fingerprint density at radius 2 is 0.600 bits per heavy atom. The van der Waals surface area contributed by atoms with Crippen molar-refractivity contribution < 1.29 is 9.47 Å². The van der Waals surface area contributed by atoms with Crippen molar-refractivity contribution in [2.45, 2.75) is 119 Å². The molecule has 0 N–H and O–H groups in total. The van der Waals surface area contributed by atoms with Crippen LogP contribution in [0.15, 0.2) is 218 Å². The summed E-state index contributed by atoms with van der Waals surface area (Å²) in [6.45, 7) is 22.2. The lowest BCUT2D eigenvalue weighted by molar-refractivity contribution is 0.477. The average molecular weight is 1170 g/mol. The van der Waals surface area contributed by atoms with Crippen LogP contribution in [-0.2, 0) is 12.8 Å². The number of rotatable bonds is 14. The fourth-order valence-electron chi connectivity index (χ4n) is 14.8. The Kier molecular flexibility index (Phi) is 14.6. The lowest BCUT2D eigenvalue weighted by atomic mass is 9.31. The predicted molar refractivity (Wildman–Crippen MR) is 384 cm³/mol. The van der Waals surface area contributed by atoms with Crippen LogP contribution in [-0.4, -0.2) is 13.4 Å². The molecule has 0 unspecified atom stereocenters. The number of anilines is 6. The Bertz CT molecular complexity index is 4250. The summed E-state index contributed by atoms with van der Waals surface area (Å²) in [6, 6.07) is 83.7. The second-order valence-corrected chi connectivity index (χ2v) is 26.9. The van der Waals surface area contributed by atoms with E-state index in [1.165, 1.54) is 99.7 Å². The van der Waals surface area contributed by atoms with Gasteiger partial charge in [0.05, 0.1) is 11.4 Å². The minimum absolute atomic E-state index is 0.219. The highest BCUT2D eigenvalue weighted by Crippen LogP contribution is 2.54. The van der Waals surface area contributed by atoms with Gasteiger partial charge in [-0.2, -0.15) is 0 Å². The SMILES string of the molecule is CCCc1ccc2c(c1)B1c3cc(-c4ccc(C(C)C)cc4)ccc3N(c3ccc(-c4ccc(C(C)C)cc4)cc3)c3c4c5c(c(c31)O2)N(c1ccc(-c2ccc(C(C)C)cc2)cc1)c1ccc(-c2ccc(C(C)C)cc2)cc1B5c1cc(CCC)ccc1O4. The fraction of sp³-hybridized carbons (Fsp3) is 0.214. The molecule has 0 aromatic heterocycles. The topological polar surface area (TPSA) is 24.9 Å². The van der Waals surface area contributed by atoms with Crippen molar-refractivity contribution in [1.29, 1.82) is 0 Å². The minimum atomic E-state index is -0.219. The van der Waals surface area contributed by atoms with Crippen molar-refractivity contribution in [1.82, 2.24) is 0 Å². The maximum Gasteiger partial charge on any atom is 0.256 e. The molecule has 4 aliphatic heterocycles. The van der Waals surface area contributed by atoms with Gasteiger partial charge in [0, 0.05) is 33.7 Å². The van der Waals surface area contributed by atoms with Crippen LogP contribution in [0.25, 0.3) is 44.5 Å². The molecule has 4 aliphatic rings. The van der Waals surface area contributed by atoms with Crippen LogP contribution in [0.3, 0.4) is 0 Å². The van der Waals surface area contributed by atoms with E-state index < -0.39 is 0 Å². The van der Waals surface area contributed by atoms with Gasteiger partial charge in [-0.05, 0) is 185 Å². The molecule has 15 rings (SSSR count). The number of hydrogen-bond donors (Lipinski definition) is 0. The highest BCUT2D eigenvalue weighted by atomic mass is 16.5. The van der Waals surface area contributed by atoms with Crippen molar-refractivity contribution in [3.63, 3.8) is 0 Å². The molecule has 0 amide bonds. The number of nitrogens with zero attached hydrogens (tertiary/aromatic N) is 2. The maximum atomic E-state index is 7.92. The molecule has 0 fully saturated rings. The van der Waals surface area contributed by atoms with Crippen LogP contribution in [0.5, 0.6) is 23.0 Å². The highest BCUT2D eigenvalue weighted by molar-refractivity contribution is 7.02. The van der Waals surface area contributed by atoms with Crippen molar-refractivity contribution in [3.05, 3.63) is 252 Å². The molecule has 0 atom stereocenters. The van der Waals surface area contributed by atoms with Gasteiger partial charge in [-0.25, -0.2) is 0 Å². The molecule has 4 nitrogen and oxygen atoms in total. The molecule has 90 heavy (non-hydrogen) atoms. The van der Waals surface area contributed by atoms with Crippen LogP contribution < -0.4 is 52.1 Å². The molecular weight excluding hydrogens is 1090 g/mol. The molecule has 0 spiro atoms. The van der Waals surface area contributed by atoms with E-state index >= 15 is 0 Å². The normalized spacial score (nSPS) is 13.2. The van der Waals surface area contributed by atoms with Gasteiger partial charge in [0.2, 0.25) is 0 Å². The summed E-state index contributed by atoms with van der Waals surface area (Å²) in [6.07, 6.45) is 4.02. The van der Waals surface area contributed by atoms with Crippen molar-refractivity contribution in [2.24, 2.45) is 0 Å². The Hall–Kier alpha value is -9.25. The molecule has 0 saturated heterocycles. The quantitative estimate of drug-likeness (QED) is 0.101. The smallest absolute Gasteiger partial charge is 0.256 e. The largest absolute Gasteiger partial charge is 0.456 e. The van der Waals surface area contributed by atoms with E-state index in [1.54, 1.807) is 0 Å². The number of aryl methyl sites for hydroxylation is 2. The molecule has 442 valence electrons. The lowest BCUT2D eigenvalue weighted by Crippen LogP contribution is -2.64. The summed E-state index contributed by atoms with van der Waals surface area (Å²) in [4.78, 5) is 5.06. The minimum Gasteiger partial charge on any atom is -0.456 e. The van der Waals surface area contributed by atoms with Crippen LogP contribution >= 0.6 is 0 Å². The third-order valence-corrected chi connectivity index (χ3v) is 19.8. The number of benzene rings is 11. The first kappa shape index (κ1) is 57.2. The van der Waals surface area contributed by atoms with Crippen LogP contribution in [0, 0.1) is 0 Å². The summed E-state index contributed by atoms with van der Waals surface area (Å²) in [5.41, 5.74) is 30.9. The Labute approximate surface area is 534 Å². The van der Waals surface area contributed by atoms with E-state index in [0.29, 0.717) is 23.7 Å². The molecule has 6 heteroatoms. The molecule has 4 heterocycles. The summed E-state index contributed by atoms with van der Waals surface area (Å²) in [5, 5.41) is 0. The van der Waals surface area contributed by atoms with Gasteiger partial charge in [-0.15, -0.1) is 0 Å². The average Bonchev–Trinajstić information content (AvgIpc) is 0.676. The van der Waals surface area contributed by atoms with Crippen molar-refractivity contribution in [3.8, 4) is 67.5 Å². The third-order valence-electron chi connectivity index (χ3n) is 19.8. The fourth-order valence-corrected chi connectivity index (χ4v) is 14.8. The van der Waals surface area contributed by atoms with Gasteiger partial charge < -0.3 is 19.3 Å². The number of ether oxygens (including phenoxy) is 2. The van der Waals surface area contributed by atoms with E-state index in [4.69, 9.17) is 9.47 Å². The van der Waals surface area contributed by atoms with Gasteiger partial charge >= 0.3 is 0 Å². The summed E-state index contributed by atoms with van der Waals surface area (Å²) < 4.78 is 15.8. The van der Waals surface area contributed by atoms with Crippen molar-refractivity contribution in [2.75, 3.05) is 9.80 Å². The highest BCUT2D eigenvalue weighted by Gasteiger charge is 2.52. The zero-order chi connectivity index (χ0) is 61.6. The van der Waals surface area contributed by atoms with Crippen LogP contribution in [0.4, 0.5) is 34.1 Å². The van der Waals surface area contributed by atoms with Gasteiger partial charge in [0.1, 0.15) is 23.0 Å². The molecule has 0 bridgehead atoms. The lowest BCUT2D eigenvalue weighted by Gasteiger charge is -2.47. The van der Waals surface area contributed by atoms with E-state index in [0.717, 1.165) is 93.7 Å². The Morgan fingerprint density at radius 3 is 0.900 bits per heavy atom. The summed E-state index contributed by atoms with van der Waals surface area (Å²) in [5.74, 6) is 5.28. The number of hydrogen-bond acceptors (Lipinski definition) is 4. The van der Waals surface area contributed by atoms with E-state index in [1.807, 2.05) is 0 Å². The van der Waals surface area contributed by atoms with Gasteiger partial charge in [-0.3, -0.25) is 0 Å². The van der Waals surface area contributed by atoms with Crippen LogP contribution in [0.2, 0.25) is 0 Å². The molecular formula is C84H78B2N2O2. The van der Waals surface area contributed by atoms with Crippen molar-refractivity contribution >= 4 is 80.3 Å². The van der Waals surface area contributed by atoms with E-state index in [2.05, 4.69) is 297 Å². The second kappa shape index (κ2) is 23.0. The van der Waals surface area contributed by atoms with Gasteiger partial charge in [0.15, 0.2) is 0 Å². The third kappa shape index (κ3) is 9.77. The van der Waals surface area contributed by atoms with Gasteiger partial charge in [-0.1, -0.05) is 252 Å². The first-order valence-corrected chi connectivity index (χ1v) is 33.2. The van der Waals surface area contributed by atoms with Crippen LogP contribution in [0.1, 0.15) is 139 Å². The zero-order valence-electron chi connectivity index (χ0n) is 53.8. The zero-order valence-corrected chi connectivity index (χ0v) is 53.8. The second-order valence-electron chi connectivity index (χ2n) is 26.9. The summed E-state index contributed by atoms with van der Waals surface area (Å²) in [7, 11) is 0. The first-order chi connectivity index (χ1) is 43.8. The molecule has 0 saturated carbocycles. The molecule has 11 aromatic carbocycles. The van der Waals surface area contributed by atoms with E-state index in [-0.39, 0.29) is 13.4 Å². The Morgan fingerprint density at radius 1 is 0.311 bits per heavy atom. The van der Waals surface area contributed by atoms with Gasteiger partial charge in [0.25, 0.3) is 13.4 Å². The summed E-state index contributed by atoms with van der Waals surface area (Å²) >= 11 is 0. The Balaban J connectivity index is 1.04. The molecule has 11 aromatic rings. The van der Waals surface area contributed by atoms with E-state index in [9.17, 15) is 0 Å². The first-order valence-electron chi connectivity index (χ1n) is 33.2. The standard InChI is InChI=1S/C84H78B2N2O2/c1-11-13-55-15-45-77-73(47-55)85-71-49-67(65-29-21-59(22-30-65)53(7)8)37-43-75(71)87(69-39-33-63(34-40-69)61-25-17-57(18-26-61)51(3)4)81-79(85)83(89-77)82-80-84(81)90-78-46-16-56(14-12-2)48-74(78)86(80)72-50-68(66-31-23-60(24-32-66)54(9)10)38-44-76(72)88(82)70-41-35-64(36-42-70)62-27-19-58(20-28-62)52(5)6/h15-54H,11-14H2,1-10H3. The number of fused-ring (bicyclic) bond motifs is 10. The maximum absolute atomic E-state index is 7.92. The molecule has 0 aliphatic carbocycles.